The number of hydrogen-bond donors (Lipinski definition) is 1. The molecule has 0 fully saturated rings. The fourth-order valence-corrected chi connectivity index (χ4v) is 2.91. The van der Waals surface area contributed by atoms with Gasteiger partial charge in [-0.25, -0.2) is 4.98 Å². The van der Waals surface area contributed by atoms with Crippen LogP contribution in [-0.4, -0.2) is 22.7 Å². The van der Waals surface area contributed by atoms with Crippen molar-refractivity contribution in [2.45, 2.75) is 51.3 Å². The van der Waals surface area contributed by atoms with E-state index in [1.807, 2.05) is 24.3 Å². The first-order chi connectivity index (χ1) is 10.5. The van der Waals surface area contributed by atoms with Crippen LogP contribution in [0.3, 0.4) is 0 Å². The number of oxazole rings is 1. The molecular formula is C17H24N2O2S. The highest BCUT2D eigenvalue weighted by molar-refractivity contribution is 7.99. The summed E-state index contributed by atoms with van der Waals surface area (Å²) >= 11 is 1.34. The predicted octanol–water partition coefficient (Wildman–Crippen LogP) is 4.25. The minimum Gasteiger partial charge on any atom is -0.431 e. The summed E-state index contributed by atoms with van der Waals surface area (Å²) in [6.45, 7) is 6.50. The molecule has 2 aromatic rings. The molecule has 0 radical (unpaired) electrons. The summed E-state index contributed by atoms with van der Waals surface area (Å²) in [5, 5.41) is 3.57. The number of fused-ring (bicyclic) bond motifs is 1. The standard InChI is InChI=1S/C17H24N2O2S/c1-12(2)7-6-8-13(3)18-16(20)11-22-17-19-14-9-4-5-10-15(14)21-17/h4-5,9-10,12-13H,6-8,11H2,1-3H3,(H,18,20). The first kappa shape index (κ1) is 16.9. The van der Waals surface area contributed by atoms with Crippen molar-refractivity contribution in [2.24, 2.45) is 5.92 Å². The third-order valence-electron chi connectivity index (χ3n) is 3.43. The van der Waals surface area contributed by atoms with Gasteiger partial charge in [-0.3, -0.25) is 4.79 Å². The van der Waals surface area contributed by atoms with E-state index in [1.165, 1.54) is 18.2 Å². The van der Waals surface area contributed by atoms with Crippen LogP contribution in [0.25, 0.3) is 11.1 Å². The van der Waals surface area contributed by atoms with Crippen LogP contribution in [0.4, 0.5) is 0 Å². The molecule has 1 heterocycles. The lowest BCUT2D eigenvalue weighted by molar-refractivity contribution is -0.119. The Morgan fingerprint density at radius 3 is 2.77 bits per heavy atom. The van der Waals surface area contributed by atoms with Crippen LogP contribution < -0.4 is 5.32 Å². The van der Waals surface area contributed by atoms with Crippen molar-refractivity contribution in [2.75, 3.05) is 5.75 Å². The normalized spacial score (nSPS) is 12.7. The van der Waals surface area contributed by atoms with E-state index in [0.717, 1.165) is 29.9 Å². The summed E-state index contributed by atoms with van der Waals surface area (Å²) in [6.07, 6.45) is 3.38. The highest BCUT2D eigenvalue weighted by Gasteiger charge is 2.11. The van der Waals surface area contributed by atoms with E-state index in [4.69, 9.17) is 4.42 Å². The smallest absolute Gasteiger partial charge is 0.257 e. The molecule has 1 aromatic heterocycles. The number of hydrogen-bond acceptors (Lipinski definition) is 4. The minimum atomic E-state index is 0.0318. The maximum atomic E-state index is 11.9. The van der Waals surface area contributed by atoms with E-state index >= 15 is 0 Å². The second-order valence-corrected chi connectivity index (χ2v) is 6.96. The minimum absolute atomic E-state index is 0.0318. The van der Waals surface area contributed by atoms with Crippen LogP contribution >= 0.6 is 11.8 Å². The van der Waals surface area contributed by atoms with Gasteiger partial charge >= 0.3 is 0 Å². The van der Waals surface area contributed by atoms with E-state index in [0.29, 0.717) is 11.0 Å². The zero-order valence-electron chi connectivity index (χ0n) is 13.5. The molecule has 1 N–H and O–H groups in total. The molecule has 2 rings (SSSR count). The highest BCUT2D eigenvalue weighted by Crippen LogP contribution is 2.22. The van der Waals surface area contributed by atoms with Gasteiger partial charge in [-0.1, -0.05) is 50.6 Å². The Morgan fingerprint density at radius 1 is 1.27 bits per heavy atom. The van der Waals surface area contributed by atoms with Gasteiger partial charge in [-0.15, -0.1) is 0 Å². The van der Waals surface area contributed by atoms with Gasteiger partial charge < -0.3 is 9.73 Å². The molecule has 5 heteroatoms. The van der Waals surface area contributed by atoms with E-state index < -0.39 is 0 Å². The second-order valence-electron chi connectivity index (χ2n) is 6.03. The molecule has 0 saturated heterocycles. The zero-order valence-corrected chi connectivity index (χ0v) is 14.3. The second kappa shape index (κ2) is 8.22. The molecule has 1 aromatic carbocycles. The van der Waals surface area contributed by atoms with Crippen LogP contribution in [-0.2, 0) is 4.79 Å². The number of nitrogens with zero attached hydrogens (tertiary/aromatic N) is 1. The van der Waals surface area contributed by atoms with Gasteiger partial charge in [-0.2, -0.15) is 0 Å². The Kier molecular flexibility index (Phi) is 6.31. The summed E-state index contributed by atoms with van der Waals surface area (Å²) < 4.78 is 5.59. The molecule has 4 nitrogen and oxygen atoms in total. The molecule has 0 aliphatic carbocycles. The van der Waals surface area contributed by atoms with Crippen LogP contribution in [0, 0.1) is 5.92 Å². The maximum Gasteiger partial charge on any atom is 0.257 e. The van der Waals surface area contributed by atoms with Crippen molar-refractivity contribution in [3.8, 4) is 0 Å². The number of thioether (sulfide) groups is 1. The van der Waals surface area contributed by atoms with Crippen molar-refractivity contribution in [3.63, 3.8) is 0 Å². The fraction of sp³-hybridized carbons (Fsp3) is 0.529. The molecule has 0 saturated carbocycles. The topological polar surface area (TPSA) is 55.1 Å². The van der Waals surface area contributed by atoms with Crippen LogP contribution in [0.15, 0.2) is 33.9 Å². The van der Waals surface area contributed by atoms with Gasteiger partial charge in [0.25, 0.3) is 5.22 Å². The average molecular weight is 320 g/mol. The molecule has 0 spiro atoms. The van der Waals surface area contributed by atoms with Gasteiger partial charge in [0.2, 0.25) is 5.91 Å². The Labute approximate surface area is 136 Å². The molecule has 0 bridgehead atoms. The molecule has 0 aliphatic heterocycles. The number of carbonyl (C=O) groups is 1. The van der Waals surface area contributed by atoms with Gasteiger partial charge in [0.1, 0.15) is 5.52 Å². The van der Waals surface area contributed by atoms with Crippen LogP contribution in [0.2, 0.25) is 0 Å². The Morgan fingerprint density at radius 2 is 2.05 bits per heavy atom. The molecule has 120 valence electrons. The number of benzene rings is 1. The number of amides is 1. The van der Waals surface area contributed by atoms with Gasteiger partial charge in [0, 0.05) is 6.04 Å². The first-order valence-electron chi connectivity index (χ1n) is 7.82. The SMILES string of the molecule is CC(C)CCCC(C)NC(=O)CSc1nc2ccccc2o1. The van der Waals surface area contributed by atoms with Crippen LogP contribution in [0.5, 0.6) is 0 Å². The lowest BCUT2D eigenvalue weighted by Gasteiger charge is -2.14. The first-order valence-corrected chi connectivity index (χ1v) is 8.81. The van der Waals surface area contributed by atoms with Crippen molar-refractivity contribution < 1.29 is 9.21 Å². The summed E-state index contributed by atoms with van der Waals surface area (Å²) in [5.74, 6) is 1.09. The predicted molar refractivity (Wildman–Crippen MR) is 91.0 cm³/mol. The maximum absolute atomic E-state index is 11.9. The quantitative estimate of drug-likeness (QED) is 0.739. The number of para-hydroxylation sites is 2. The summed E-state index contributed by atoms with van der Waals surface area (Å²) in [4.78, 5) is 16.3. The van der Waals surface area contributed by atoms with E-state index in [2.05, 4.69) is 31.1 Å². The highest BCUT2D eigenvalue weighted by atomic mass is 32.2. The van der Waals surface area contributed by atoms with Crippen molar-refractivity contribution >= 4 is 28.8 Å². The lowest BCUT2D eigenvalue weighted by atomic mass is 10.0. The summed E-state index contributed by atoms with van der Waals surface area (Å²) in [6, 6.07) is 7.83. The summed E-state index contributed by atoms with van der Waals surface area (Å²) in [5.41, 5.74) is 1.58. The molecule has 1 unspecified atom stereocenters. The zero-order chi connectivity index (χ0) is 15.9. The molecule has 22 heavy (non-hydrogen) atoms. The van der Waals surface area contributed by atoms with E-state index in [9.17, 15) is 4.79 Å². The number of carbonyl (C=O) groups excluding carboxylic acids is 1. The van der Waals surface area contributed by atoms with Gasteiger partial charge in [0.05, 0.1) is 5.75 Å². The van der Waals surface area contributed by atoms with Crippen molar-refractivity contribution in [1.29, 1.82) is 0 Å². The number of nitrogens with one attached hydrogen (secondary N) is 1. The van der Waals surface area contributed by atoms with Gasteiger partial charge in [0.15, 0.2) is 5.58 Å². The Hall–Kier alpha value is -1.49. The molecule has 0 aliphatic rings. The Balaban J connectivity index is 1.73. The largest absolute Gasteiger partial charge is 0.431 e. The molecule has 1 amide bonds. The number of aromatic nitrogens is 1. The third-order valence-corrected chi connectivity index (χ3v) is 4.26. The number of rotatable bonds is 8. The summed E-state index contributed by atoms with van der Waals surface area (Å²) in [7, 11) is 0. The van der Waals surface area contributed by atoms with Crippen molar-refractivity contribution in [1.82, 2.24) is 10.3 Å². The average Bonchev–Trinajstić information content (AvgIpc) is 2.87. The van der Waals surface area contributed by atoms with Crippen molar-refractivity contribution in [3.05, 3.63) is 24.3 Å². The monoisotopic (exact) mass is 320 g/mol. The third kappa shape index (κ3) is 5.37. The van der Waals surface area contributed by atoms with Crippen LogP contribution in [0.1, 0.15) is 40.0 Å². The lowest BCUT2D eigenvalue weighted by Crippen LogP contribution is -2.33. The van der Waals surface area contributed by atoms with Gasteiger partial charge in [-0.05, 0) is 31.4 Å². The van der Waals surface area contributed by atoms with E-state index in [1.54, 1.807) is 0 Å². The fourth-order valence-electron chi connectivity index (χ4n) is 2.26. The Bertz CT molecular complexity index is 576. The molecule has 1 atom stereocenters. The van der Waals surface area contributed by atoms with E-state index in [-0.39, 0.29) is 11.9 Å². The molecular weight excluding hydrogens is 296 g/mol.